The van der Waals surface area contributed by atoms with Crippen molar-refractivity contribution in [3.63, 3.8) is 0 Å². The minimum atomic E-state index is -0.728. The van der Waals surface area contributed by atoms with Gasteiger partial charge in [0.25, 0.3) is 0 Å². The molecule has 0 saturated carbocycles. The van der Waals surface area contributed by atoms with E-state index in [1.165, 1.54) is 57.8 Å². The Morgan fingerprint density at radius 2 is 1.15 bits per heavy atom. The number of hydrogen-bond donors (Lipinski definition) is 1. The first kappa shape index (κ1) is 33.0. The minimum Gasteiger partial charge on any atom is -0.462 e. The lowest BCUT2D eigenvalue weighted by molar-refractivity contribution is -0.160. The van der Waals surface area contributed by atoms with Gasteiger partial charge in [-0.25, -0.2) is 4.57 Å². The first-order valence-corrected chi connectivity index (χ1v) is 14.4. The van der Waals surface area contributed by atoms with E-state index in [0.717, 1.165) is 57.9 Å². The van der Waals surface area contributed by atoms with Gasteiger partial charge >= 0.3 is 20.6 Å². The van der Waals surface area contributed by atoms with Crippen LogP contribution in [0, 0.1) is 0 Å². The van der Waals surface area contributed by atoms with Gasteiger partial charge in [0.05, 0.1) is 0 Å². The maximum absolute atomic E-state index is 12.0. The van der Waals surface area contributed by atoms with Gasteiger partial charge < -0.3 is 15.2 Å². The van der Waals surface area contributed by atoms with E-state index in [-0.39, 0.29) is 25.2 Å². The molecule has 8 heteroatoms. The van der Waals surface area contributed by atoms with Crippen LogP contribution < -0.4 is 5.73 Å². The summed E-state index contributed by atoms with van der Waals surface area (Å²) in [6.45, 7) is 2.83. The van der Waals surface area contributed by atoms with Gasteiger partial charge in [-0.05, 0) is 25.8 Å². The van der Waals surface area contributed by atoms with Crippen molar-refractivity contribution in [2.75, 3.05) is 19.8 Å². The molecule has 0 fully saturated rings. The number of ether oxygens (including phenoxy) is 2. The van der Waals surface area contributed by atoms with E-state index < -0.39 is 14.8 Å². The molecule has 0 aromatic rings. The van der Waals surface area contributed by atoms with Crippen LogP contribution in [-0.2, 0) is 28.2 Å². The molecule has 0 heterocycles. The average molecular weight is 504 g/mol. The van der Waals surface area contributed by atoms with Crippen molar-refractivity contribution in [3.05, 3.63) is 0 Å². The maximum Gasteiger partial charge on any atom is 0.327 e. The van der Waals surface area contributed by atoms with Crippen molar-refractivity contribution in [1.82, 2.24) is 0 Å². The molecule has 34 heavy (non-hydrogen) atoms. The van der Waals surface area contributed by atoms with Gasteiger partial charge in [-0.15, -0.1) is 0 Å². The van der Waals surface area contributed by atoms with Crippen LogP contribution in [-0.4, -0.2) is 37.8 Å². The van der Waals surface area contributed by atoms with Crippen LogP contribution in [0.2, 0.25) is 0 Å². The Morgan fingerprint density at radius 3 is 1.65 bits per heavy atom. The van der Waals surface area contributed by atoms with Crippen LogP contribution in [0.25, 0.3) is 0 Å². The van der Waals surface area contributed by atoms with Gasteiger partial charge in [0, 0.05) is 12.8 Å². The third-order valence-electron chi connectivity index (χ3n) is 5.86. The Kier molecular flexibility index (Phi) is 25.8. The molecule has 0 aliphatic carbocycles. The molecule has 0 amide bonds. The molecule has 1 atom stereocenters. The standard InChI is InChI=1S/C26H50NO6P/c1-2-3-4-13-17-20-26(29)33-24(23-32-34-30)22-31-25(28)19-16-14-11-9-7-5-6-8-10-12-15-18-21-27/h24H,2-23,27H2,1H3/t24-/m1/s1. The fourth-order valence-electron chi connectivity index (χ4n) is 3.79. The Balaban J connectivity index is 3.75. The highest BCUT2D eigenvalue weighted by Crippen LogP contribution is 2.13. The normalized spacial score (nSPS) is 12.1. The Bertz CT molecular complexity index is 492. The van der Waals surface area contributed by atoms with Gasteiger partial charge in [-0.1, -0.05) is 96.8 Å². The van der Waals surface area contributed by atoms with E-state index in [1.807, 2.05) is 0 Å². The van der Waals surface area contributed by atoms with E-state index in [4.69, 9.17) is 19.7 Å². The Labute approximate surface area is 209 Å². The number of hydrogen-bond acceptors (Lipinski definition) is 7. The summed E-state index contributed by atoms with van der Waals surface area (Å²) in [6.07, 6.45) is 19.6. The van der Waals surface area contributed by atoms with Crippen molar-refractivity contribution in [2.45, 2.75) is 135 Å². The van der Waals surface area contributed by atoms with Crippen LogP contribution in [0.5, 0.6) is 0 Å². The highest BCUT2D eigenvalue weighted by atomic mass is 31.1. The predicted molar refractivity (Wildman–Crippen MR) is 137 cm³/mol. The highest BCUT2D eigenvalue weighted by Gasteiger charge is 2.17. The summed E-state index contributed by atoms with van der Waals surface area (Å²) in [7, 11) is -0.488. The van der Waals surface area contributed by atoms with Crippen LogP contribution >= 0.6 is 8.69 Å². The average Bonchev–Trinajstić information content (AvgIpc) is 2.83. The van der Waals surface area contributed by atoms with Gasteiger partial charge in [-0.3, -0.25) is 14.1 Å². The molecule has 0 aliphatic rings. The van der Waals surface area contributed by atoms with Crippen molar-refractivity contribution >= 4 is 20.6 Å². The summed E-state index contributed by atoms with van der Waals surface area (Å²) < 4.78 is 26.0. The topological polar surface area (TPSA) is 105 Å². The predicted octanol–water partition coefficient (Wildman–Crippen LogP) is 7.06. The number of esters is 2. The van der Waals surface area contributed by atoms with Crippen LogP contribution in [0.4, 0.5) is 0 Å². The van der Waals surface area contributed by atoms with E-state index in [1.54, 1.807) is 0 Å². The Morgan fingerprint density at radius 1 is 0.676 bits per heavy atom. The molecule has 0 bridgehead atoms. The third kappa shape index (κ3) is 24.1. The quantitative estimate of drug-likeness (QED) is 0.0765. The molecule has 0 rings (SSSR count). The largest absolute Gasteiger partial charge is 0.462 e. The summed E-state index contributed by atoms with van der Waals surface area (Å²) in [6, 6.07) is 0. The van der Waals surface area contributed by atoms with Crippen molar-refractivity contribution in [2.24, 2.45) is 5.73 Å². The molecule has 0 spiro atoms. The summed E-state index contributed by atoms with van der Waals surface area (Å²) in [5, 5.41) is 0. The SMILES string of the molecule is CCCCCCCC(=O)O[C@@H](COP=O)COC(=O)CCCCCCCCCCCCCCN. The van der Waals surface area contributed by atoms with E-state index in [0.29, 0.717) is 12.8 Å². The second kappa shape index (κ2) is 26.6. The lowest BCUT2D eigenvalue weighted by atomic mass is 10.0. The molecule has 0 aromatic heterocycles. The second-order valence-corrected chi connectivity index (χ2v) is 9.52. The summed E-state index contributed by atoms with van der Waals surface area (Å²) >= 11 is 0. The van der Waals surface area contributed by atoms with Gasteiger partial charge in [0.1, 0.15) is 13.2 Å². The van der Waals surface area contributed by atoms with Crippen LogP contribution in [0.15, 0.2) is 0 Å². The van der Waals surface area contributed by atoms with Crippen LogP contribution in [0.3, 0.4) is 0 Å². The Hall–Kier alpha value is -1.04. The fraction of sp³-hybridized carbons (Fsp3) is 0.923. The summed E-state index contributed by atoms with van der Waals surface area (Å²) in [4.78, 5) is 24.0. The number of carbonyl (C=O) groups is 2. The van der Waals surface area contributed by atoms with Gasteiger partial charge in [0.15, 0.2) is 6.10 Å². The highest BCUT2D eigenvalue weighted by molar-refractivity contribution is 7.17. The molecule has 0 radical (unpaired) electrons. The third-order valence-corrected chi connectivity index (χ3v) is 6.12. The van der Waals surface area contributed by atoms with Crippen molar-refractivity contribution in [3.8, 4) is 0 Å². The van der Waals surface area contributed by atoms with Crippen molar-refractivity contribution in [1.29, 1.82) is 0 Å². The first-order valence-electron chi connectivity index (χ1n) is 13.6. The summed E-state index contributed by atoms with van der Waals surface area (Å²) in [5.41, 5.74) is 5.50. The monoisotopic (exact) mass is 503 g/mol. The van der Waals surface area contributed by atoms with Gasteiger partial charge in [-0.2, -0.15) is 0 Å². The van der Waals surface area contributed by atoms with Crippen molar-refractivity contribution < 1.29 is 28.2 Å². The molecule has 7 nitrogen and oxygen atoms in total. The lowest BCUT2D eigenvalue weighted by Gasteiger charge is -2.16. The molecule has 0 aliphatic heterocycles. The molecule has 200 valence electrons. The maximum atomic E-state index is 12.0. The number of carbonyl (C=O) groups excluding carboxylic acids is 2. The molecule has 0 aromatic carbocycles. The smallest absolute Gasteiger partial charge is 0.327 e. The summed E-state index contributed by atoms with van der Waals surface area (Å²) in [5.74, 6) is -0.634. The van der Waals surface area contributed by atoms with E-state index in [9.17, 15) is 14.2 Å². The molecular formula is C26H50NO6P. The molecular weight excluding hydrogens is 453 g/mol. The zero-order valence-corrected chi connectivity index (χ0v) is 22.5. The first-order chi connectivity index (χ1) is 16.6. The minimum absolute atomic E-state index is 0.0619. The number of rotatable bonds is 26. The van der Waals surface area contributed by atoms with E-state index >= 15 is 0 Å². The zero-order valence-electron chi connectivity index (χ0n) is 21.6. The fourth-order valence-corrected chi connectivity index (χ4v) is 4.01. The number of nitrogens with two attached hydrogens (primary N) is 1. The zero-order chi connectivity index (χ0) is 25.1. The second-order valence-electron chi connectivity index (χ2n) is 9.11. The lowest BCUT2D eigenvalue weighted by Crippen LogP contribution is -2.28. The number of unbranched alkanes of at least 4 members (excludes halogenated alkanes) is 15. The molecule has 2 N–H and O–H groups in total. The van der Waals surface area contributed by atoms with E-state index in [2.05, 4.69) is 6.92 Å². The van der Waals surface area contributed by atoms with Gasteiger partial charge in [0.2, 0.25) is 0 Å². The van der Waals surface area contributed by atoms with Crippen LogP contribution in [0.1, 0.15) is 129 Å². The molecule has 0 saturated heterocycles. The molecule has 0 unspecified atom stereocenters.